The number of furan rings is 1. The van der Waals surface area contributed by atoms with Gasteiger partial charge in [0.25, 0.3) is 0 Å². The van der Waals surface area contributed by atoms with Crippen molar-refractivity contribution < 1.29 is 22.7 Å². The first-order chi connectivity index (χ1) is 9.77. The van der Waals surface area contributed by atoms with E-state index in [-0.39, 0.29) is 17.2 Å². The molecule has 2 aromatic rings. The lowest BCUT2D eigenvalue weighted by atomic mass is 10.2. The second kappa shape index (κ2) is 5.58. The fourth-order valence-corrected chi connectivity index (χ4v) is 2.60. The number of carboxylic acids is 1. The summed E-state index contributed by atoms with van der Waals surface area (Å²) in [6.45, 7) is 1.87. The number of nitrogens with one attached hydrogen (secondary N) is 1. The van der Waals surface area contributed by atoms with Gasteiger partial charge < -0.3 is 14.8 Å². The van der Waals surface area contributed by atoms with Gasteiger partial charge in [-0.1, -0.05) is 6.07 Å². The fraction of sp³-hybridized carbons (Fsp3) is 0.154. The van der Waals surface area contributed by atoms with Crippen molar-refractivity contribution >= 4 is 21.7 Å². The van der Waals surface area contributed by atoms with Crippen LogP contribution in [0.2, 0.25) is 0 Å². The van der Waals surface area contributed by atoms with Crippen molar-refractivity contribution in [1.29, 1.82) is 0 Å². The average molecular weight is 310 g/mol. The molecule has 112 valence electrons. The van der Waals surface area contributed by atoms with Crippen molar-refractivity contribution in [1.82, 2.24) is 0 Å². The van der Waals surface area contributed by atoms with Gasteiger partial charge in [0.05, 0.1) is 11.4 Å². The van der Waals surface area contributed by atoms with Gasteiger partial charge in [0.15, 0.2) is 0 Å². The van der Waals surface area contributed by atoms with Crippen LogP contribution >= 0.6 is 0 Å². The van der Waals surface area contributed by atoms with Crippen LogP contribution in [-0.4, -0.2) is 19.5 Å². The van der Waals surface area contributed by atoms with Crippen molar-refractivity contribution in [3.63, 3.8) is 0 Å². The lowest BCUT2D eigenvalue weighted by molar-refractivity contribution is 0.0660. The summed E-state index contributed by atoms with van der Waals surface area (Å²) in [5, 5.41) is 16.8. The number of carboxylic acid groups (broad SMARTS) is 1. The SMILES string of the molecule is Cc1ccc(NCc2ccc(C(=O)O)o2)cc1S(N)(=O)=O. The van der Waals surface area contributed by atoms with Crippen LogP contribution in [0.15, 0.2) is 39.6 Å². The summed E-state index contributed by atoms with van der Waals surface area (Å²) in [6.07, 6.45) is 0. The third-order valence-corrected chi connectivity index (χ3v) is 3.89. The summed E-state index contributed by atoms with van der Waals surface area (Å²) < 4.78 is 27.9. The van der Waals surface area contributed by atoms with E-state index in [1.165, 1.54) is 18.2 Å². The van der Waals surface area contributed by atoms with E-state index in [0.29, 0.717) is 17.0 Å². The number of carbonyl (C=O) groups is 1. The maximum atomic E-state index is 11.4. The molecule has 0 spiro atoms. The van der Waals surface area contributed by atoms with E-state index in [4.69, 9.17) is 14.7 Å². The minimum absolute atomic E-state index is 0.0400. The molecule has 2 rings (SSSR count). The van der Waals surface area contributed by atoms with Crippen LogP contribution in [0.3, 0.4) is 0 Å². The van der Waals surface area contributed by atoms with E-state index >= 15 is 0 Å². The van der Waals surface area contributed by atoms with E-state index in [9.17, 15) is 13.2 Å². The van der Waals surface area contributed by atoms with Gasteiger partial charge in [-0.2, -0.15) is 0 Å². The smallest absolute Gasteiger partial charge is 0.371 e. The number of anilines is 1. The summed E-state index contributed by atoms with van der Waals surface area (Å²) in [7, 11) is -3.79. The Labute approximate surface area is 121 Å². The molecule has 0 saturated heterocycles. The number of sulfonamides is 1. The molecule has 21 heavy (non-hydrogen) atoms. The fourth-order valence-electron chi connectivity index (χ4n) is 1.79. The first-order valence-corrected chi connectivity index (χ1v) is 7.51. The Balaban J connectivity index is 2.15. The molecule has 1 aromatic carbocycles. The lowest BCUT2D eigenvalue weighted by Gasteiger charge is -2.08. The number of primary sulfonamides is 1. The molecule has 0 fully saturated rings. The van der Waals surface area contributed by atoms with E-state index in [2.05, 4.69) is 5.32 Å². The van der Waals surface area contributed by atoms with Crippen LogP contribution in [0.25, 0.3) is 0 Å². The summed E-state index contributed by atoms with van der Waals surface area (Å²) in [6, 6.07) is 7.64. The largest absolute Gasteiger partial charge is 0.475 e. The molecule has 0 aliphatic rings. The third-order valence-electron chi connectivity index (χ3n) is 2.83. The van der Waals surface area contributed by atoms with Crippen LogP contribution in [0.1, 0.15) is 21.9 Å². The molecule has 0 bridgehead atoms. The Morgan fingerprint density at radius 2 is 2.05 bits per heavy atom. The molecule has 0 amide bonds. The van der Waals surface area contributed by atoms with Crippen LogP contribution in [0.4, 0.5) is 5.69 Å². The Morgan fingerprint density at radius 1 is 1.33 bits per heavy atom. The molecule has 7 nitrogen and oxygen atoms in total. The zero-order valence-electron chi connectivity index (χ0n) is 11.2. The minimum Gasteiger partial charge on any atom is -0.475 e. The first-order valence-electron chi connectivity index (χ1n) is 5.96. The van der Waals surface area contributed by atoms with Crippen LogP contribution in [0.5, 0.6) is 0 Å². The molecular formula is C13H14N2O5S. The summed E-state index contributed by atoms with van der Waals surface area (Å²) >= 11 is 0. The maximum Gasteiger partial charge on any atom is 0.371 e. The van der Waals surface area contributed by atoms with Gasteiger partial charge in [-0.15, -0.1) is 0 Å². The number of aryl methyl sites for hydroxylation is 1. The molecule has 0 aliphatic heterocycles. The zero-order valence-corrected chi connectivity index (χ0v) is 12.0. The van der Waals surface area contributed by atoms with Crippen molar-refractivity contribution in [2.75, 3.05) is 5.32 Å². The number of benzene rings is 1. The molecule has 0 radical (unpaired) electrons. The van der Waals surface area contributed by atoms with Gasteiger partial charge in [-0.05, 0) is 36.8 Å². The van der Waals surface area contributed by atoms with Crippen LogP contribution < -0.4 is 10.5 Å². The van der Waals surface area contributed by atoms with Crippen molar-refractivity contribution in [2.45, 2.75) is 18.4 Å². The van der Waals surface area contributed by atoms with Gasteiger partial charge in [-0.25, -0.2) is 18.4 Å². The normalized spacial score (nSPS) is 11.3. The van der Waals surface area contributed by atoms with Gasteiger partial charge in [0.2, 0.25) is 15.8 Å². The van der Waals surface area contributed by atoms with Crippen LogP contribution in [-0.2, 0) is 16.6 Å². The van der Waals surface area contributed by atoms with E-state index in [0.717, 1.165) is 0 Å². The van der Waals surface area contributed by atoms with Crippen molar-refractivity contribution in [3.05, 3.63) is 47.4 Å². The molecule has 0 atom stereocenters. The molecular weight excluding hydrogens is 296 g/mol. The maximum absolute atomic E-state index is 11.4. The highest BCUT2D eigenvalue weighted by atomic mass is 32.2. The second-order valence-corrected chi connectivity index (χ2v) is 5.98. The van der Waals surface area contributed by atoms with E-state index in [1.54, 1.807) is 19.1 Å². The molecule has 8 heteroatoms. The molecule has 0 saturated carbocycles. The van der Waals surface area contributed by atoms with Crippen molar-refractivity contribution in [3.8, 4) is 0 Å². The highest BCUT2D eigenvalue weighted by molar-refractivity contribution is 7.89. The first kappa shape index (κ1) is 15.1. The summed E-state index contributed by atoms with van der Waals surface area (Å²) in [4.78, 5) is 10.7. The number of aromatic carboxylic acids is 1. The number of hydrogen-bond acceptors (Lipinski definition) is 5. The Morgan fingerprint density at radius 3 is 2.62 bits per heavy atom. The summed E-state index contributed by atoms with van der Waals surface area (Å²) in [5.41, 5.74) is 1.09. The molecule has 0 unspecified atom stereocenters. The second-order valence-electron chi connectivity index (χ2n) is 4.45. The van der Waals surface area contributed by atoms with Gasteiger partial charge >= 0.3 is 5.97 Å². The van der Waals surface area contributed by atoms with Crippen molar-refractivity contribution in [2.24, 2.45) is 5.14 Å². The standard InChI is InChI=1S/C13H14N2O5S/c1-8-2-3-9(6-12(8)21(14,18)19)15-7-10-4-5-11(20-10)13(16)17/h2-6,15H,7H2,1H3,(H,16,17)(H2,14,18,19). The molecule has 0 aliphatic carbocycles. The monoisotopic (exact) mass is 310 g/mol. The molecule has 1 heterocycles. The van der Waals surface area contributed by atoms with Gasteiger partial charge in [-0.3, -0.25) is 0 Å². The Kier molecular flexibility index (Phi) is 4.01. The molecule has 1 aromatic heterocycles. The highest BCUT2D eigenvalue weighted by Crippen LogP contribution is 2.20. The zero-order chi connectivity index (χ0) is 15.6. The Hall–Kier alpha value is -2.32. The van der Waals surface area contributed by atoms with E-state index in [1.807, 2.05) is 0 Å². The number of rotatable bonds is 5. The minimum atomic E-state index is -3.79. The van der Waals surface area contributed by atoms with Crippen LogP contribution in [0, 0.1) is 6.92 Å². The lowest BCUT2D eigenvalue weighted by Crippen LogP contribution is -2.14. The Bertz CT molecular complexity index is 780. The number of nitrogens with two attached hydrogens (primary N) is 1. The molecule has 4 N–H and O–H groups in total. The quantitative estimate of drug-likeness (QED) is 0.770. The topological polar surface area (TPSA) is 123 Å². The van der Waals surface area contributed by atoms with E-state index < -0.39 is 16.0 Å². The summed E-state index contributed by atoms with van der Waals surface area (Å²) in [5.74, 6) is -0.876. The third kappa shape index (κ3) is 3.61. The number of hydrogen-bond donors (Lipinski definition) is 3. The predicted octanol–water partition coefficient (Wildman–Crippen LogP) is 1.55. The van der Waals surface area contributed by atoms with Gasteiger partial charge in [0.1, 0.15) is 5.76 Å². The predicted molar refractivity (Wildman–Crippen MR) is 75.5 cm³/mol. The highest BCUT2D eigenvalue weighted by Gasteiger charge is 2.13. The van der Waals surface area contributed by atoms with Gasteiger partial charge in [0, 0.05) is 5.69 Å². The average Bonchev–Trinajstić information content (AvgIpc) is 2.85.